The minimum atomic E-state index is 0.258. The number of aryl methyl sites for hydroxylation is 1. The molecule has 0 fully saturated rings. The van der Waals surface area contributed by atoms with Crippen molar-refractivity contribution in [2.45, 2.75) is 41.0 Å². The number of rotatable bonds is 0. The van der Waals surface area contributed by atoms with Crippen molar-refractivity contribution in [2.24, 2.45) is 0 Å². The molecule has 0 aliphatic carbocycles. The third-order valence-corrected chi connectivity index (χ3v) is 2.42. The maximum absolute atomic E-state index is 5.65. The van der Waals surface area contributed by atoms with Gasteiger partial charge < -0.3 is 15.8 Å². The fourth-order valence-corrected chi connectivity index (χ4v) is 1.81. The van der Waals surface area contributed by atoms with Crippen molar-refractivity contribution >= 4 is 22.7 Å². The average Bonchev–Trinajstić information content (AvgIpc) is 2.64. The van der Waals surface area contributed by atoms with Crippen molar-refractivity contribution < 1.29 is 4.74 Å². The fourth-order valence-electron chi connectivity index (χ4n) is 1.81. The predicted octanol–water partition coefficient (Wildman–Crippen LogP) is 3.16. The highest BCUT2D eigenvalue weighted by Crippen LogP contribution is 2.31. The Morgan fingerprint density at radius 2 is 1.90 bits per heavy atom. The van der Waals surface area contributed by atoms with Crippen LogP contribution in [0.4, 0.5) is 11.8 Å². The standard InChI is InChI=1S/C10H11N5O.C3H8.C2H6/c1-5-4-6-7-8(15-10(11)14-6)12-2-3-16-9(7)13-5;1-3-2;1-2/h4H,2-3H2,1H3,(H3,11,12,14,15);3H2,1-2H3;1-2H3. The van der Waals surface area contributed by atoms with E-state index in [-0.39, 0.29) is 5.95 Å². The van der Waals surface area contributed by atoms with E-state index < -0.39 is 0 Å². The van der Waals surface area contributed by atoms with E-state index in [0.29, 0.717) is 24.8 Å². The van der Waals surface area contributed by atoms with Crippen LogP contribution >= 0.6 is 0 Å². The van der Waals surface area contributed by atoms with Gasteiger partial charge in [0.15, 0.2) is 0 Å². The van der Waals surface area contributed by atoms with E-state index in [2.05, 4.69) is 34.1 Å². The van der Waals surface area contributed by atoms with Gasteiger partial charge in [-0.3, -0.25) is 0 Å². The predicted molar refractivity (Wildman–Crippen MR) is 87.8 cm³/mol. The summed E-state index contributed by atoms with van der Waals surface area (Å²) in [5.74, 6) is 1.53. The molecule has 1 aliphatic heterocycles. The molecule has 6 heteroatoms. The Balaban J connectivity index is 0.000000395. The average molecular weight is 291 g/mol. The van der Waals surface area contributed by atoms with Crippen molar-refractivity contribution in [1.82, 2.24) is 15.0 Å². The molecule has 0 aromatic carbocycles. The van der Waals surface area contributed by atoms with Crippen molar-refractivity contribution in [1.29, 1.82) is 0 Å². The summed E-state index contributed by atoms with van der Waals surface area (Å²) in [5, 5.41) is 3.96. The lowest BCUT2D eigenvalue weighted by molar-refractivity contribution is 0.326. The number of pyridine rings is 1. The van der Waals surface area contributed by atoms with Crippen molar-refractivity contribution in [3.05, 3.63) is 11.8 Å². The van der Waals surface area contributed by atoms with Gasteiger partial charge in [0.1, 0.15) is 17.8 Å². The molecular weight excluding hydrogens is 266 g/mol. The summed E-state index contributed by atoms with van der Waals surface area (Å²) in [6.45, 7) is 11.4. The van der Waals surface area contributed by atoms with Crippen LogP contribution in [-0.2, 0) is 0 Å². The summed E-state index contributed by atoms with van der Waals surface area (Å²) in [5.41, 5.74) is 7.27. The quantitative estimate of drug-likeness (QED) is 0.775. The van der Waals surface area contributed by atoms with Gasteiger partial charge >= 0.3 is 0 Å². The van der Waals surface area contributed by atoms with E-state index in [0.717, 1.165) is 16.6 Å². The van der Waals surface area contributed by atoms with Crippen LogP contribution in [-0.4, -0.2) is 28.1 Å². The highest BCUT2D eigenvalue weighted by molar-refractivity contribution is 5.94. The van der Waals surface area contributed by atoms with Crippen LogP contribution in [0.3, 0.4) is 0 Å². The Labute approximate surface area is 126 Å². The molecule has 0 bridgehead atoms. The van der Waals surface area contributed by atoms with Crippen molar-refractivity contribution in [3.8, 4) is 5.88 Å². The van der Waals surface area contributed by atoms with E-state index in [9.17, 15) is 0 Å². The van der Waals surface area contributed by atoms with E-state index in [1.165, 1.54) is 6.42 Å². The first kappa shape index (κ1) is 16.9. The number of hydrogen-bond acceptors (Lipinski definition) is 6. The third kappa shape index (κ3) is 4.18. The van der Waals surface area contributed by atoms with Gasteiger partial charge in [-0.15, -0.1) is 0 Å². The molecule has 0 radical (unpaired) electrons. The first-order valence-corrected chi connectivity index (χ1v) is 7.47. The minimum Gasteiger partial charge on any atom is -0.475 e. The first-order valence-electron chi connectivity index (χ1n) is 7.47. The van der Waals surface area contributed by atoms with Crippen LogP contribution in [0.1, 0.15) is 39.8 Å². The summed E-state index contributed by atoms with van der Waals surface area (Å²) in [4.78, 5) is 12.7. The lowest BCUT2D eigenvalue weighted by Gasteiger charge is -2.07. The Kier molecular flexibility index (Phi) is 6.65. The monoisotopic (exact) mass is 291 g/mol. The molecule has 0 spiro atoms. The number of nitrogens with one attached hydrogen (secondary N) is 1. The van der Waals surface area contributed by atoms with Crippen LogP contribution in [0.15, 0.2) is 6.07 Å². The topological polar surface area (TPSA) is 86.0 Å². The van der Waals surface area contributed by atoms with Gasteiger partial charge in [0, 0.05) is 5.69 Å². The lowest BCUT2D eigenvalue weighted by Crippen LogP contribution is -2.09. The molecule has 3 heterocycles. The first-order chi connectivity index (χ1) is 10.2. The van der Waals surface area contributed by atoms with Gasteiger partial charge in [0.25, 0.3) is 0 Å². The number of nitrogens with two attached hydrogens (primary N) is 1. The normalized spacial score (nSPS) is 11.9. The Morgan fingerprint density at radius 3 is 2.57 bits per heavy atom. The number of hydrogen-bond donors (Lipinski definition) is 2. The van der Waals surface area contributed by atoms with Gasteiger partial charge in [-0.05, 0) is 13.0 Å². The molecule has 0 unspecified atom stereocenters. The molecule has 0 saturated carbocycles. The number of nitrogens with zero attached hydrogens (tertiary/aromatic N) is 3. The van der Waals surface area contributed by atoms with Crippen LogP contribution in [0.5, 0.6) is 5.88 Å². The molecule has 3 N–H and O–H groups in total. The van der Waals surface area contributed by atoms with Gasteiger partial charge in [-0.2, -0.15) is 4.98 Å². The van der Waals surface area contributed by atoms with Gasteiger partial charge in [0.05, 0.1) is 12.1 Å². The van der Waals surface area contributed by atoms with E-state index in [1.807, 2.05) is 26.8 Å². The molecule has 116 valence electrons. The van der Waals surface area contributed by atoms with Crippen molar-refractivity contribution in [3.63, 3.8) is 0 Å². The highest BCUT2D eigenvalue weighted by atomic mass is 16.5. The fraction of sp³-hybridized carbons (Fsp3) is 0.533. The number of aromatic nitrogens is 3. The van der Waals surface area contributed by atoms with Crippen LogP contribution in [0.25, 0.3) is 10.9 Å². The summed E-state index contributed by atoms with van der Waals surface area (Å²) >= 11 is 0. The molecule has 2 aromatic heterocycles. The maximum atomic E-state index is 5.65. The molecule has 2 aromatic rings. The number of ether oxygens (including phenoxy) is 1. The highest BCUT2D eigenvalue weighted by Gasteiger charge is 2.16. The number of nitrogen functional groups attached to an aromatic ring is 1. The molecule has 21 heavy (non-hydrogen) atoms. The second-order valence-corrected chi connectivity index (χ2v) is 4.38. The van der Waals surface area contributed by atoms with E-state index in [4.69, 9.17) is 10.5 Å². The van der Waals surface area contributed by atoms with Crippen molar-refractivity contribution in [2.75, 3.05) is 24.2 Å². The van der Waals surface area contributed by atoms with Crippen LogP contribution in [0.2, 0.25) is 0 Å². The summed E-state index contributed by atoms with van der Waals surface area (Å²) in [7, 11) is 0. The summed E-state index contributed by atoms with van der Waals surface area (Å²) in [6, 6.07) is 1.87. The molecule has 1 aliphatic rings. The molecule has 3 rings (SSSR count). The summed E-state index contributed by atoms with van der Waals surface area (Å²) < 4.78 is 5.55. The van der Waals surface area contributed by atoms with E-state index in [1.54, 1.807) is 0 Å². The molecule has 0 saturated heterocycles. The second-order valence-electron chi connectivity index (χ2n) is 4.38. The Morgan fingerprint density at radius 1 is 1.24 bits per heavy atom. The van der Waals surface area contributed by atoms with Crippen LogP contribution in [0, 0.1) is 6.92 Å². The summed E-state index contributed by atoms with van der Waals surface area (Å²) in [6.07, 6.45) is 1.25. The van der Waals surface area contributed by atoms with Gasteiger partial charge in [-0.25, -0.2) is 9.97 Å². The van der Waals surface area contributed by atoms with Gasteiger partial charge in [0.2, 0.25) is 11.8 Å². The molecule has 0 amide bonds. The molecular formula is C15H25N5O. The smallest absolute Gasteiger partial charge is 0.227 e. The largest absolute Gasteiger partial charge is 0.475 e. The second kappa shape index (κ2) is 8.24. The maximum Gasteiger partial charge on any atom is 0.227 e. The zero-order valence-corrected chi connectivity index (χ0v) is 13.5. The zero-order chi connectivity index (χ0) is 15.8. The molecule has 0 atom stereocenters. The van der Waals surface area contributed by atoms with Gasteiger partial charge in [-0.1, -0.05) is 34.1 Å². The van der Waals surface area contributed by atoms with E-state index >= 15 is 0 Å². The number of anilines is 2. The Hall–Kier alpha value is -2.11. The minimum absolute atomic E-state index is 0.258. The zero-order valence-electron chi connectivity index (χ0n) is 13.5. The third-order valence-electron chi connectivity index (χ3n) is 2.42. The SMILES string of the molecule is CC.CCC.Cc1cc2nc(N)nc3c2c(n1)OCCN3. The molecule has 6 nitrogen and oxygen atoms in total. The Bertz CT molecular complexity index is 539. The van der Waals surface area contributed by atoms with Crippen LogP contribution < -0.4 is 15.8 Å². The lowest BCUT2D eigenvalue weighted by atomic mass is 10.2.